The summed E-state index contributed by atoms with van der Waals surface area (Å²) in [4.78, 5) is 0. The fraction of sp³-hybridized carbons (Fsp3) is 0.143. The summed E-state index contributed by atoms with van der Waals surface area (Å²) in [5.74, 6) is 0. The van der Waals surface area contributed by atoms with E-state index in [0.717, 1.165) is 6.42 Å². The van der Waals surface area contributed by atoms with Crippen molar-refractivity contribution in [2.75, 3.05) is 0 Å². The van der Waals surface area contributed by atoms with Gasteiger partial charge in [0, 0.05) is 0 Å². The molecule has 0 radical (unpaired) electrons. The zero-order valence-electron chi connectivity index (χ0n) is 8.40. The lowest BCUT2D eigenvalue weighted by Crippen LogP contribution is -1.85. The zero-order chi connectivity index (χ0) is 9.80. The molecular formula is C14H14. The monoisotopic (exact) mass is 182 g/mol. The molecule has 0 unspecified atom stereocenters. The van der Waals surface area contributed by atoms with Crippen molar-refractivity contribution in [1.29, 1.82) is 0 Å². The molecule has 1 aliphatic rings. The molecule has 1 aromatic carbocycles. The summed E-state index contributed by atoms with van der Waals surface area (Å²) in [5.41, 5.74) is 4.01. The van der Waals surface area contributed by atoms with Crippen LogP contribution in [0.3, 0.4) is 0 Å². The Morgan fingerprint density at radius 2 is 1.93 bits per heavy atom. The van der Waals surface area contributed by atoms with Gasteiger partial charge in [0.2, 0.25) is 0 Å². The van der Waals surface area contributed by atoms with Crippen molar-refractivity contribution < 1.29 is 0 Å². The van der Waals surface area contributed by atoms with Crippen LogP contribution in [0.1, 0.15) is 17.5 Å². The van der Waals surface area contributed by atoms with Gasteiger partial charge in [-0.25, -0.2) is 0 Å². The van der Waals surface area contributed by atoms with Crippen LogP contribution in [-0.4, -0.2) is 0 Å². The molecule has 0 bridgehead atoms. The van der Waals surface area contributed by atoms with E-state index in [-0.39, 0.29) is 0 Å². The number of benzene rings is 1. The molecule has 0 N–H and O–H groups in total. The molecule has 0 aliphatic heterocycles. The van der Waals surface area contributed by atoms with Gasteiger partial charge in [-0.15, -0.1) is 0 Å². The lowest BCUT2D eigenvalue weighted by Gasteiger charge is -2.05. The van der Waals surface area contributed by atoms with E-state index in [1.807, 2.05) is 0 Å². The third-order valence-electron chi connectivity index (χ3n) is 2.45. The maximum absolute atomic E-state index is 2.27. The molecule has 0 heteroatoms. The van der Waals surface area contributed by atoms with Crippen LogP contribution in [0.5, 0.6) is 0 Å². The topological polar surface area (TPSA) is 0 Å². The van der Waals surface area contributed by atoms with E-state index in [1.165, 1.54) is 16.7 Å². The molecule has 14 heavy (non-hydrogen) atoms. The van der Waals surface area contributed by atoms with E-state index in [0.29, 0.717) is 0 Å². The van der Waals surface area contributed by atoms with E-state index >= 15 is 0 Å². The van der Waals surface area contributed by atoms with Gasteiger partial charge in [-0.2, -0.15) is 0 Å². The van der Waals surface area contributed by atoms with Crippen molar-refractivity contribution in [3.63, 3.8) is 0 Å². The van der Waals surface area contributed by atoms with Crippen LogP contribution in [0.15, 0.2) is 54.6 Å². The second kappa shape index (κ2) is 4.10. The van der Waals surface area contributed by atoms with Gasteiger partial charge in [-0.3, -0.25) is 0 Å². The summed E-state index contributed by atoms with van der Waals surface area (Å²) in [5, 5.41) is 0. The molecule has 0 saturated carbocycles. The van der Waals surface area contributed by atoms with Gasteiger partial charge in [-0.1, -0.05) is 54.6 Å². The minimum absolute atomic E-state index is 1.02. The minimum Gasteiger partial charge on any atom is -0.0807 e. The van der Waals surface area contributed by atoms with Gasteiger partial charge in [-0.05, 0) is 30.0 Å². The van der Waals surface area contributed by atoms with E-state index in [4.69, 9.17) is 0 Å². The van der Waals surface area contributed by atoms with Crippen molar-refractivity contribution in [3.05, 3.63) is 65.8 Å². The molecule has 1 aliphatic carbocycles. The summed E-state index contributed by atoms with van der Waals surface area (Å²) >= 11 is 0. The third kappa shape index (κ3) is 1.85. The molecule has 2 rings (SSSR count). The van der Waals surface area contributed by atoms with Gasteiger partial charge in [0.1, 0.15) is 0 Å². The molecule has 0 nitrogen and oxygen atoms in total. The van der Waals surface area contributed by atoms with Crippen LogP contribution < -0.4 is 0 Å². The molecular weight excluding hydrogens is 168 g/mol. The number of hydrogen-bond donors (Lipinski definition) is 0. The maximum atomic E-state index is 2.27. The van der Waals surface area contributed by atoms with Crippen molar-refractivity contribution >= 4 is 5.57 Å². The van der Waals surface area contributed by atoms with E-state index in [1.54, 1.807) is 0 Å². The van der Waals surface area contributed by atoms with Crippen LogP contribution >= 0.6 is 0 Å². The van der Waals surface area contributed by atoms with Crippen LogP contribution in [0.2, 0.25) is 0 Å². The lowest BCUT2D eigenvalue weighted by atomic mass is 10.00. The van der Waals surface area contributed by atoms with E-state index in [2.05, 4.69) is 61.6 Å². The second-order valence-corrected chi connectivity index (χ2v) is 3.50. The predicted molar refractivity (Wildman–Crippen MR) is 62.1 cm³/mol. The molecule has 0 spiro atoms. The Morgan fingerprint density at radius 3 is 2.79 bits per heavy atom. The fourth-order valence-corrected chi connectivity index (χ4v) is 1.68. The molecule has 0 heterocycles. The highest BCUT2D eigenvalue weighted by Crippen LogP contribution is 2.21. The number of hydrogen-bond acceptors (Lipinski definition) is 0. The first kappa shape index (κ1) is 9.01. The molecule has 70 valence electrons. The second-order valence-electron chi connectivity index (χ2n) is 3.50. The number of allylic oxidation sites excluding steroid dienone is 6. The number of aryl methyl sites for hydroxylation is 1. The van der Waals surface area contributed by atoms with Gasteiger partial charge >= 0.3 is 0 Å². The highest BCUT2D eigenvalue weighted by Gasteiger charge is 2.00. The van der Waals surface area contributed by atoms with E-state index in [9.17, 15) is 0 Å². The summed E-state index contributed by atoms with van der Waals surface area (Å²) < 4.78 is 0. The Morgan fingerprint density at radius 1 is 1.07 bits per heavy atom. The summed E-state index contributed by atoms with van der Waals surface area (Å²) in [6, 6.07) is 8.51. The molecule has 0 fully saturated rings. The highest BCUT2D eigenvalue weighted by atomic mass is 14.1. The predicted octanol–water partition coefficient (Wildman–Crippen LogP) is 3.89. The van der Waals surface area contributed by atoms with Gasteiger partial charge in [0.05, 0.1) is 0 Å². The fourth-order valence-electron chi connectivity index (χ4n) is 1.68. The van der Waals surface area contributed by atoms with Crippen LogP contribution in [0.25, 0.3) is 5.57 Å². The van der Waals surface area contributed by atoms with Crippen LogP contribution in [-0.2, 0) is 0 Å². The Bertz CT molecular complexity index is 406. The van der Waals surface area contributed by atoms with Crippen LogP contribution in [0.4, 0.5) is 0 Å². The average molecular weight is 182 g/mol. The Labute approximate surface area is 85.3 Å². The molecule has 0 atom stereocenters. The van der Waals surface area contributed by atoms with Crippen LogP contribution in [0, 0.1) is 6.92 Å². The molecule has 1 aromatic rings. The van der Waals surface area contributed by atoms with Gasteiger partial charge in [0.25, 0.3) is 0 Å². The molecule has 0 saturated heterocycles. The smallest absolute Gasteiger partial charge is 0.0157 e. The quantitative estimate of drug-likeness (QED) is 0.618. The first-order chi connectivity index (χ1) is 6.88. The SMILES string of the molecule is Cc1ccccc1C1=CCC=CC=C1. The van der Waals surface area contributed by atoms with Crippen molar-refractivity contribution in [2.24, 2.45) is 0 Å². The van der Waals surface area contributed by atoms with Gasteiger partial charge in [0.15, 0.2) is 0 Å². The largest absolute Gasteiger partial charge is 0.0807 e. The molecule has 0 amide bonds. The summed E-state index contributed by atoms with van der Waals surface area (Å²) in [6.07, 6.45) is 11.8. The first-order valence-corrected chi connectivity index (χ1v) is 4.97. The summed E-state index contributed by atoms with van der Waals surface area (Å²) in [6.45, 7) is 2.16. The van der Waals surface area contributed by atoms with E-state index < -0.39 is 0 Å². The third-order valence-corrected chi connectivity index (χ3v) is 2.45. The Hall–Kier alpha value is -1.56. The standard InChI is InChI=1S/C14H14/c1-12-8-6-7-11-14(12)13-9-4-2-3-5-10-13/h2-4,6-11H,5H2,1H3. The first-order valence-electron chi connectivity index (χ1n) is 4.97. The number of rotatable bonds is 1. The van der Waals surface area contributed by atoms with Crippen molar-refractivity contribution in [3.8, 4) is 0 Å². The van der Waals surface area contributed by atoms with Gasteiger partial charge < -0.3 is 0 Å². The zero-order valence-corrected chi connectivity index (χ0v) is 8.40. The maximum Gasteiger partial charge on any atom is -0.0157 e. The lowest BCUT2D eigenvalue weighted by molar-refractivity contribution is 1.38. The minimum atomic E-state index is 1.02. The molecule has 0 aromatic heterocycles. The van der Waals surface area contributed by atoms with Crippen molar-refractivity contribution in [2.45, 2.75) is 13.3 Å². The summed E-state index contributed by atoms with van der Waals surface area (Å²) in [7, 11) is 0. The Balaban J connectivity index is 2.40. The van der Waals surface area contributed by atoms with Crippen molar-refractivity contribution in [1.82, 2.24) is 0 Å². The Kier molecular flexibility index (Phi) is 2.64. The normalized spacial score (nSPS) is 15.1. The average Bonchev–Trinajstić information content (AvgIpc) is 2.47. The highest BCUT2D eigenvalue weighted by molar-refractivity contribution is 5.76.